The van der Waals surface area contributed by atoms with E-state index in [1.54, 1.807) is 10.9 Å². The fourth-order valence-corrected chi connectivity index (χ4v) is 4.30. The van der Waals surface area contributed by atoms with Crippen LogP contribution in [0.4, 0.5) is 10.2 Å². The van der Waals surface area contributed by atoms with Gasteiger partial charge in [-0.2, -0.15) is 10.4 Å². The van der Waals surface area contributed by atoms with Crippen LogP contribution in [0.3, 0.4) is 0 Å². The molecule has 2 aromatic heterocycles. The summed E-state index contributed by atoms with van der Waals surface area (Å²) in [6, 6.07) is 13.1. The van der Waals surface area contributed by atoms with Crippen molar-refractivity contribution >= 4 is 18.1 Å². The predicted molar refractivity (Wildman–Crippen MR) is 123 cm³/mol. The van der Waals surface area contributed by atoms with Crippen molar-refractivity contribution in [2.24, 2.45) is 5.73 Å². The molecule has 0 radical (unpaired) electrons. The van der Waals surface area contributed by atoms with E-state index in [2.05, 4.69) is 26.4 Å². The quantitative estimate of drug-likeness (QED) is 0.496. The normalized spacial score (nSPS) is 15.4. The summed E-state index contributed by atoms with van der Waals surface area (Å²) in [5.74, 6) is -0.971. The fraction of sp³-hybridized carbons (Fsp3) is 0.292. The molecule has 0 atom stereocenters. The Labute approximate surface area is 196 Å². The van der Waals surface area contributed by atoms with Gasteiger partial charge in [0.15, 0.2) is 5.82 Å². The summed E-state index contributed by atoms with van der Waals surface area (Å²) in [4.78, 5) is 29.2. The molecule has 9 nitrogen and oxygen atoms in total. The molecule has 0 bridgehead atoms. The zero-order chi connectivity index (χ0) is 24.1. The number of hydrogen-bond donors (Lipinski definition) is 2. The van der Waals surface area contributed by atoms with Crippen LogP contribution in [0.1, 0.15) is 35.2 Å². The maximum atomic E-state index is 14.8. The van der Waals surface area contributed by atoms with Crippen LogP contribution in [0.5, 0.6) is 0 Å². The van der Waals surface area contributed by atoms with Crippen LogP contribution in [-0.2, 0) is 16.9 Å². The van der Waals surface area contributed by atoms with Gasteiger partial charge in [-0.3, -0.25) is 24.2 Å². The smallest absolute Gasteiger partial charge is 0.254 e. The highest BCUT2D eigenvalue weighted by molar-refractivity contribution is 5.99. The molecule has 174 valence electrons. The molecule has 1 aliphatic heterocycles. The van der Waals surface area contributed by atoms with E-state index in [0.717, 1.165) is 5.56 Å². The number of aromatic nitrogens is 3. The summed E-state index contributed by atoms with van der Waals surface area (Å²) in [6.45, 7) is 1.56. The molecule has 3 aromatic rings. The van der Waals surface area contributed by atoms with Gasteiger partial charge in [0.25, 0.3) is 5.91 Å². The third kappa shape index (κ3) is 4.65. The second kappa shape index (κ2) is 9.80. The number of likely N-dealkylation sites (tertiary alicyclic amines) is 1. The third-order valence-corrected chi connectivity index (χ3v) is 6.25. The van der Waals surface area contributed by atoms with Gasteiger partial charge in [0.1, 0.15) is 11.4 Å². The minimum absolute atomic E-state index is 0.0638. The number of benzene rings is 1. The second-order valence-electron chi connectivity index (χ2n) is 8.32. The molecular formula is C24H24FN7O2. The van der Waals surface area contributed by atoms with Crippen LogP contribution >= 0.6 is 0 Å². The Hall–Kier alpha value is -4.10. The average molecular weight is 462 g/mol. The number of halogens is 1. The zero-order valence-electron chi connectivity index (χ0n) is 18.4. The number of carbonyl (C=O) groups is 2. The topological polar surface area (TPSA) is 130 Å². The first kappa shape index (κ1) is 23.1. The van der Waals surface area contributed by atoms with E-state index in [-0.39, 0.29) is 23.6 Å². The maximum Gasteiger partial charge on any atom is 0.254 e. The fourth-order valence-electron chi connectivity index (χ4n) is 4.30. The molecule has 4 rings (SSSR count). The van der Waals surface area contributed by atoms with Crippen molar-refractivity contribution < 1.29 is 14.0 Å². The van der Waals surface area contributed by atoms with Gasteiger partial charge in [-0.15, -0.1) is 0 Å². The van der Waals surface area contributed by atoms with E-state index in [0.29, 0.717) is 50.1 Å². The molecule has 2 amide bonds. The maximum absolute atomic E-state index is 14.8. The molecular weight excluding hydrogens is 437 g/mol. The molecule has 0 aliphatic carbocycles. The molecule has 1 saturated heterocycles. The molecule has 0 spiro atoms. The van der Waals surface area contributed by atoms with Crippen LogP contribution in [0, 0.1) is 17.1 Å². The number of rotatable bonds is 8. The number of carbonyl (C=O) groups excluding carboxylic acids is 2. The summed E-state index contributed by atoms with van der Waals surface area (Å²) in [6.07, 6.45) is 4.75. The molecule has 3 heterocycles. The largest absolute Gasteiger partial charge is 0.365 e. The highest BCUT2D eigenvalue weighted by Crippen LogP contribution is 2.35. The SMILES string of the molecule is N#CCC1(n2cc(C(N)=O)c(NC=O)n2)CCN(Cc2cnc(-c3ccccc3)cc2F)CC1. The Morgan fingerprint density at radius 3 is 2.65 bits per heavy atom. The lowest BCUT2D eigenvalue weighted by Gasteiger charge is -2.40. The van der Waals surface area contributed by atoms with Crippen molar-refractivity contribution in [3.63, 3.8) is 0 Å². The van der Waals surface area contributed by atoms with Crippen molar-refractivity contribution in [2.45, 2.75) is 31.3 Å². The Balaban J connectivity index is 1.49. The van der Waals surface area contributed by atoms with E-state index < -0.39 is 11.4 Å². The Morgan fingerprint density at radius 1 is 1.29 bits per heavy atom. The number of amides is 2. The van der Waals surface area contributed by atoms with Gasteiger partial charge in [0.05, 0.1) is 23.7 Å². The Bertz CT molecular complexity index is 1230. The van der Waals surface area contributed by atoms with E-state index in [9.17, 15) is 19.2 Å². The monoisotopic (exact) mass is 461 g/mol. The van der Waals surface area contributed by atoms with Crippen LogP contribution in [0.2, 0.25) is 0 Å². The molecule has 1 aromatic carbocycles. The standard InChI is InChI=1S/C24H24FN7O2/c25-20-12-21(17-4-2-1-3-5-17)28-13-18(20)14-31-10-7-24(6-9-26,8-11-31)32-15-19(22(27)34)23(30-32)29-16-33/h1-5,12-13,15-16H,6-8,10-11,14H2,(H2,27,34)(H,29,30,33). The van der Waals surface area contributed by atoms with Crippen molar-refractivity contribution in [2.75, 3.05) is 18.4 Å². The predicted octanol–water partition coefficient (Wildman–Crippen LogP) is 2.66. The molecule has 0 saturated carbocycles. The third-order valence-electron chi connectivity index (χ3n) is 6.25. The lowest BCUT2D eigenvalue weighted by molar-refractivity contribution is -0.105. The number of anilines is 1. The minimum atomic E-state index is -0.720. The molecule has 0 unspecified atom stereocenters. The number of primary amides is 1. The van der Waals surface area contributed by atoms with Gasteiger partial charge >= 0.3 is 0 Å². The number of nitrogens with two attached hydrogens (primary N) is 1. The van der Waals surface area contributed by atoms with Crippen molar-refractivity contribution in [1.82, 2.24) is 19.7 Å². The number of nitriles is 1. The number of piperidine rings is 1. The number of nitrogens with one attached hydrogen (secondary N) is 1. The van der Waals surface area contributed by atoms with Gasteiger partial charge in [0.2, 0.25) is 6.41 Å². The van der Waals surface area contributed by atoms with Gasteiger partial charge in [-0.25, -0.2) is 4.39 Å². The first-order valence-electron chi connectivity index (χ1n) is 10.8. The highest BCUT2D eigenvalue weighted by Gasteiger charge is 2.38. The van der Waals surface area contributed by atoms with Gasteiger partial charge in [0, 0.05) is 49.2 Å². The van der Waals surface area contributed by atoms with E-state index >= 15 is 0 Å². The van der Waals surface area contributed by atoms with Gasteiger partial charge in [-0.05, 0) is 12.8 Å². The number of hydrogen-bond acceptors (Lipinski definition) is 6. The summed E-state index contributed by atoms with van der Waals surface area (Å²) in [5, 5.41) is 16.2. The Kier molecular flexibility index (Phi) is 6.65. The molecule has 3 N–H and O–H groups in total. The highest BCUT2D eigenvalue weighted by atomic mass is 19.1. The first-order valence-corrected chi connectivity index (χ1v) is 10.8. The summed E-state index contributed by atoms with van der Waals surface area (Å²) < 4.78 is 16.4. The molecule has 34 heavy (non-hydrogen) atoms. The Morgan fingerprint density at radius 2 is 2.03 bits per heavy atom. The average Bonchev–Trinajstić information content (AvgIpc) is 3.28. The van der Waals surface area contributed by atoms with Gasteiger partial charge < -0.3 is 11.1 Å². The summed E-state index contributed by atoms with van der Waals surface area (Å²) >= 11 is 0. The van der Waals surface area contributed by atoms with Crippen LogP contribution in [0.15, 0.2) is 48.8 Å². The first-order chi connectivity index (χ1) is 16.5. The van der Waals surface area contributed by atoms with Crippen LogP contribution < -0.4 is 11.1 Å². The van der Waals surface area contributed by atoms with Crippen molar-refractivity contribution in [3.8, 4) is 17.3 Å². The lowest BCUT2D eigenvalue weighted by atomic mass is 9.84. The van der Waals surface area contributed by atoms with Gasteiger partial charge in [-0.1, -0.05) is 30.3 Å². The minimum Gasteiger partial charge on any atom is -0.365 e. The van der Waals surface area contributed by atoms with E-state index in [1.807, 2.05) is 30.3 Å². The van der Waals surface area contributed by atoms with Crippen LogP contribution in [0.25, 0.3) is 11.3 Å². The van der Waals surface area contributed by atoms with E-state index in [4.69, 9.17) is 5.73 Å². The number of pyridine rings is 1. The second-order valence-corrected chi connectivity index (χ2v) is 8.32. The molecule has 1 aliphatic rings. The van der Waals surface area contributed by atoms with Crippen molar-refractivity contribution in [3.05, 3.63) is 65.7 Å². The van der Waals surface area contributed by atoms with Crippen LogP contribution in [-0.4, -0.2) is 45.1 Å². The number of nitrogens with zero attached hydrogens (tertiary/aromatic N) is 5. The van der Waals surface area contributed by atoms with Crippen molar-refractivity contribution in [1.29, 1.82) is 5.26 Å². The summed E-state index contributed by atoms with van der Waals surface area (Å²) in [7, 11) is 0. The van der Waals surface area contributed by atoms with E-state index in [1.165, 1.54) is 12.3 Å². The lowest BCUT2D eigenvalue weighted by Crippen LogP contribution is -2.46. The molecule has 10 heteroatoms. The summed E-state index contributed by atoms with van der Waals surface area (Å²) in [5.41, 5.74) is 6.77. The molecule has 1 fully saturated rings. The zero-order valence-corrected chi connectivity index (χ0v) is 18.4.